The topological polar surface area (TPSA) is 103 Å². The molecule has 0 aliphatic heterocycles. The number of guanidine groups is 1. The molecule has 8 nitrogen and oxygen atoms in total. The molecule has 0 aliphatic carbocycles. The Balaban J connectivity index is 2.85. The largest absolute Gasteiger partial charge is 0.492 e. The van der Waals surface area contributed by atoms with Gasteiger partial charge in [-0.3, -0.25) is 0 Å². The van der Waals surface area contributed by atoms with E-state index in [1.165, 1.54) is 0 Å². The Morgan fingerprint density at radius 3 is 2.07 bits per heavy atom. The molecule has 1 rings (SSSR count). The number of amides is 2. The number of carbonyl (C=O) groups is 2. The molecule has 0 saturated heterocycles. The fraction of sp³-hybridized carbons (Fsp3) is 0.526. The average Bonchev–Trinajstić information content (AvgIpc) is 2.48. The van der Waals surface area contributed by atoms with Crippen LogP contribution in [0.3, 0.4) is 0 Å². The Bertz CT molecular complexity index is 660. The van der Waals surface area contributed by atoms with Crippen molar-refractivity contribution in [2.75, 3.05) is 13.2 Å². The summed E-state index contributed by atoms with van der Waals surface area (Å²) in [5, 5.41) is 0. The van der Waals surface area contributed by atoms with Gasteiger partial charge >= 0.3 is 12.2 Å². The lowest BCUT2D eigenvalue weighted by atomic mass is 10.2. The summed E-state index contributed by atoms with van der Waals surface area (Å²) in [6.07, 6.45) is -1.62. The maximum atomic E-state index is 12.4. The Morgan fingerprint density at radius 2 is 1.56 bits per heavy atom. The van der Waals surface area contributed by atoms with Crippen LogP contribution in [0.25, 0.3) is 0 Å². The predicted octanol–water partition coefficient (Wildman–Crippen LogP) is 3.55. The van der Waals surface area contributed by atoms with Crippen LogP contribution in [-0.4, -0.2) is 47.4 Å². The molecule has 150 valence electrons. The number of carbonyl (C=O) groups excluding carboxylic acids is 2. The molecule has 0 radical (unpaired) electrons. The van der Waals surface area contributed by atoms with Gasteiger partial charge in [0.25, 0.3) is 0 Å². The van der Waals surface area contributed by atoms with Crippen LogP contribution in [0.5, 0.6) is 5.75 Å². The minimum atomic E-state index is -0.891. The van der Waals surface area contributed by atoms with E-state index in [-0.39, 0.29) is 19.1 Å². The van der Waals surface area contributed by atoms with Crippen LogP contribution in [-0.2, 0) is 9.47 Å². The first-order valence-electron chi connectivity index (χ1n) is 8.63. The molecule has 0 unspecified atom stereocenters. The third kappa shape index (κ3) is 9.48. The molecule has 0 aliphatic rings. The molecule has 0 fully saturated rings. The summed E-state index contributed by atoms with van der Waals surface area (Å²) in [5.41, 5.74) is 4.39. The molecule has 2 N–H and O–H groups in total. The first kappa shape index (κ1) is 22.3. The second kappa shape index (κ2) is 9.25. The maximum absolute atomic E-state index is 12.4. The highest BCUT2D eigenvalue weighted by Gasteiger charge is 2.26. The van der Waals surface area contributed by atoms with E-state index in [1.807, 2.05) is 18.2 Å². The minimum Gasteiger partial charge on any atom is -0.492 e. The first-order chi connectivity index (χ1) is 12.4. The minimum absolute atomic E-state index is 0.0436. The number of para-hydroxylation sites is 1. The van der Waals surface area contributed by atoms with E-state index in [0.29, 0.717) is 5.75 Å². The molecule has 0 heterocycles. The van der Waals surface area contributed by atoms with Gasteiger partial charge in [0.2, 0.25) is 5.96 Å². The number of nitrogens with zero attached hydrogens (tertiary/aromatic N) is 2. The van der Waals surface area contributed by atoms with Gasteiger partial charge in [-0.15, -0.1) is 4.99 Å². The van der Waals surface area contributed by atoms with Gasteiger partial charge in [0.1, 0.15) is 23.6 Å². The number of hydrogen-bond acceptors (Lipinski definition) is 5. The van der Waals surface area contributed by atoms with Crippen molar-refractivity contribution >= 4 is 18.1 Å². The average molecular weight is 379 g/mol. The lowest BCUT2D eigenvalue weighted by molar-refractivity contribution is 0.0350. The molecule has 27 heavy (non-hydrogen) atoms. The Morgan fingerprint density at radius 1 is 1.00 bits per heavy atom. The second-order valence-electron chi connectivity index (χ2n) is 7.74. The van der Waals surface area contributed by atoms with Crippen molar-refractivity contribution in [1.29, 1.82) is 0 Å². The lowest BCUT2D eigenvalue weighted by Crippen LogP contribution is -2.47. The van der Waals surface area contributed by atoms with Crippen molar-refractivity contribution in [3.05, 3.63) is 30.3 Å². The molecule has 0 bridgehead atoms. The van der Waals surface area contributed by atoms with E-state index in [4.69, 9.17) is 19.9 Å². The molecule has 2 amide bonds. The van der Waals surface area contributed by atoms with Gasteiger partial charge in [0.15, 0.2) is 0 Å². The van der Waals surface area contributed by atoms with Crippen LogP contribution in [0.1, 0.15) is 41.5 Å². The Kier molecular flexibility index (Phi) is 7.63. The normalized spacial score (nSPS) is 12.3. The molecular weight excluding hydrogens is 350 g/mol. The zero-order chi connectivity index (χ0) is 20.7. The zero-order valence-electron chi connectivity index (χ0n) is 16.8. The Hall–Kier alpha value is -2.77. The number of aliphatic imine (C=N–C) groups is 1. The summed E-state index contributed by atoms with van der Waals surface area (Å²) in [6.45, 7) is 10.5. The molecular formula is C19H29N3O5. The third-order valence-corrected chi connectivity index (χ3v) is 2.82. The summed E-state index contributed by atoms with van der Waals surface area (Å²) in [4.78, 5) is 29.0. The molecule has 0 spiro atoms. The van der Waals surface area contributed by atoms with E-state index in [0.717, 1.165) is 4.90 Å². The molecule has 1 aromatic carbocycles. The van der Waals surface area contributed by atoms with Crippen LogP contribution in [0.15, 0.2) is 35.3 Å². The van der Waals surface area contributed by atoms with Gasteiger partial charge in [-0.1, -0.05) is 18.2 Å². The van der Waals surface area contributed by atoms with E-state index >= 15 is 0 Å². The number of nitrogens with two attached hydrogens (primary N) is 1. The van der Waals surface area contributed by atoms with Crippen molar-refractivity contribution in [3.8, 4) is 5.75 Å². The van der Waals surface area contributed by atoms with E-state index in [1.54, 1.807) is 53.7 Å². The van der Waals surface area contributed by atoms with Crippen LogP contribution < -0.4 is 10.5 Å². The van der Waals surface area contributed by atoms with Gasteiger partial charge in [0, 0.05) is 0 Å². The number of hydrogen-bond donors (Lipinski definition) is 1. The lowest BCUT2D eigenvalue weighted by Gasteiger charge is -2.26. The summed E-state index contributed by atoms with van der Waals surface area (Å²) in [5.74, 6) is 0.319. The van der Waals surface area contributed by atoms with Crippen LogP contribution in [0, 0.1) is 0 Å². The highest BCUT2D eigenvalue weighted by atomic mass is 16.6. The van der Waals surface area contributed by atoms with Crippen LogP contribution in [0.2, 0.25) is 0 Å². The van der Waals surface area contributed by atoms with Crippen molar-refractivity contribution in [2.45, 2.75) is 52.7 Å². The van der Waals surface area contributed by atoms with Crippen LogP contribution >= 0.6 is 0 Å². The number of ether oxygens (including phenoxy) is 3. The fourth-order valence-corrected chi connectivity index (χ4v) is 1.83. The van der Waals surface area contributed by atoms with Crippen LogP contribution in [0.4, 0.5) is 9.59 Å². The maximum Gasteiger partial charge on any atom is 0.437 e. The summed E-state index contributed by atoms with van der Waals surface area (Å²) < 4.78 is 16.0. The van der Waals surface area contributed by atoms with Crippen molar-refractivity contribution in [2.24, 2.45) is 10.7 Å². The molecule has 0 saturated carbocycles. The predicted molar refractivity (Wildman–Crippen MR) is 103 cm³/mol. The van der Waals surface area contributed by atoms with Gasteiger partial charge in [-0.25, -0.2) is 14.5 Å². The summed E-state index contributed by atoms with van der Waals surface area (Å²) in [6, 6.07) is 9.11. The fourth-order valence-electron chi connectivity index (χ4n) is 1.83. The molecule has 8 heteroatoms. The molecule has 1 aromatic rings. The van der Waals surface area contributed by atoms with E-state index in [9.17, 15) is 9.59 Å². The molecule has 0 aromatic heterocycles. The monoisotopic (exact) mass is 379 g/mol. The van der Waals surface area contributed by atoms with Gasteiger partial charge in [0.05, 0.1) is 6.54 Å². The zero-order valence-corrected chi connectivity index (χ0v) is 16.8. The van der Waals surface area contributed by atoms with Gasteiger partial charge in [-0.05, 0) is 53.7 Å². The SMILES string of the molecule is CC(C)(C)OC(=O)/N=C(/N)N(CCOc1ccccc1)C(=O)OC(C)(C)C. The number of benzene rings is 1. The Labute approximate surface area is 160 Å². The highest BCUT2D eigenvalue weighted by molar-refractivity contribution is 5.98. The standard InChI is InChI=1S/C19H29N3O5/c1-18(2,3)26-16(23)21-15(20)22(17(24)27-19(4,5)6)12-13-25-14-10-8-7-9-11-14/h7-11H,12-13H2,1-6H3,(H2,20,21,23). The highest BCUT2D eigenvalue weighted by Crippen LogP contribution is 2.12. The van der Waals surface area contributed by atoms with E-state index < -0.39 is 23.4 Å². The van der Waals surface area contributed by atoms with Crippen molar-refractivity contribution in [1.82, 2.24) is 4.90 Å². The van der Waals surface area contributed by atoms with Gasteiger partial charge in [-0.2, -0.15) is 0 Å². The quantitative estimate of drug-likeness (QED) is 0.634. The summed E-state index contributed by atoms with van der Waals surface area (Å²) in [7, 11) is 0. The van der Waals surface area contributed by atoms with E-state index in [2.05, 4.69) is 4.99 Å². The second-order valence-corrected chi connectivity index (χ2v) is 7.74. The van der Waals surface area contributed by atoms with Crippen molar-refractivity contribution < 1.29 is 23.8 Å². The summed E-state index contributed by atoms with van der Waals surface area (Å²) >= 11 is 0. The molecule has 0 atom stereocenters. The third-order valence-electron chi connectivity index (χ3n) is 2.82. The number of rotatable bonds is 4. The first-order valence-corrected chi connectivity index (χ1v) is 8.63. The van der Waals surface area contributed by atoms with Crippen molar-refractivity contribution in [3.63, 3.8) is 0 Å². The van der Waals surface area contributed by atoms with Gasteiger partial charge < -0.3 is 19.9 Å². The smallest absolute Gasteiger partial charge is 0.437 e.